The maximum atomic E-state index is 14.4. The third-order valence-corrected chi connectivity index (χ3v) is 17.0. The Morgan fingerprint density at radius 2 is 1.42 bits per heavy atom. The Bertz CT molecular complexity index is 2530. The van der Waals surface area contributed by atoms with Gasteiger partial charge in [0.1, 0.15) is 22.3 Å². The predicted molar refractivity (Wildman–Crippen MR) is 323 cm³/mol. The summed E-state index contributed by atoms with van der Waals surface area (Å²) in [7, 11) is 3.75. The van der Waals surface area contributed by atoms with Crippen LogP contribution in [0.4, 0.5) is 0 Å². The molecule has 0 aliphatic carbocycles. The van der Waals surface area contributed by atoms with E-state index >= 15 is 0 Å². The number of ether oxygens (including phenoxy) is 4. The van der Waals surface area contributed by atoms with Crippen molar-refractivity contribution in [2.24, 2.45) is 23.7 Å². The fourth-order valence-corrected chi connectivity index (χ4v) is 11.5. The molecule has 2 aliphatic heterocycles. The molecule has 0 radical (unpaired) electrons. The molecule has 2 aliphatic rings. The third kappa shape index (κ3) is 24.8. The van der Waals surface area contributed by atoms with Gasteiger partial charge in [0.05, 0.1) is 45.1 Å². The van der Waals surface area contributed by atoms with Gasteiger partial charge in [-0.3, -0.25) is 57.7 Å². The molecule has 8 atom stereocenters. The zero-order chi connectivity index (χ0) is 62.6. The molecule has 0 spiro atoms. The first-order valence-electron chi connectivity index (χ1n) is 30.7. The van der Waals surface area contributed by atoms with Crippen molar-refractivity contribution in [1.82, 2.24) is 30.3 Å². The summed E-state index contributed by atoms with van der Waals surface area (Å²) in [5.74, 6) is -3.37. The second-order valence-corrected chi connectivity index (χ2v) is 24.2. The first kappa shape index (κ1) is 71.6. The number of ketones is 4. The number of nitrogens with one attached hydrogen (secondary N) is 2. The SMILES string of the molecule is CCC[C@H](Cc1ccc(CC(=O)[C@H](C)CC(=O)[C@H](C)NC(=O)CCOCCOCCOCCCC(=O)CCCN2C(=O)C=CC2=O)cc1)NC(=O)c1csc([C@@H](C[C@H](C(C)C)N(C)C(=O)[C@@H](CC(=O)C2CCCCN2C)[C@@H](C)CC)OC(C)=O)n1. The van der Waals surface area contributed by atoms with Crippen LogP contribution in [-0.2, 0) is 74.9 Å². The van der Waals surface area contributed by atoms with Gasteiger partial charge in [0.25, 0.3) is 17.7 Å². The molecule has 1 saturated heterocycles. The van der Waals surface area contributed by atoms with Crippen molar-refractivity contribution in [2.45, 2.75) is 188 Å². The summed E-state index contributed by atoms with van der Waals surface area (Å²) in [5, 5.41) is 7.94. The van der Waals surface area contributed by atoms with Gasteiger partial charge in [0, 0.05) is 114 Å². The van der Waals surface area contributed by atoms with Crippen molar-refractivity contribution >= 4 is 70.0 Å². The molecule has 1 aromatic heterocycles. The van der Waals surface area contributed by atoms with Crippen LogP contribution in [0.2, 0.25) is 0 Å². The van der Waals surface area contributed by atoms with Crippen molar-refractivity contribution in [3.05, 3.63) is 63.6 Å². The van der Waals surface area contributed by atoms with Crippen LogP contribution < -0.4 is 10.6 Å². The number of benzene rings is 1. The summed E-state index contributed by atoms with van der Waals surface area (Å²) < 4.78 is 22.4. The smallest absolute Gasteiger partial charge is 0.303 e. The van der Waals surface area contributed by atoms with Gasteiger partial charge in [0.15, 0.2) is 17.7 Å². The summed E-state index contributed by atoms with van der Waals surface area (Å²) in [5.41, 5.74) is 1.93. The number of rotatable bonds is 42. The highest BCUT2D eigenvalue weighted by Gasteiger charge is 2.38. The molecule has 21 heteroatoms. The fourth-order valence-electron chi connectivity index (χ4n) is 10.7. The first-order chi connectivity index (χ1) is 40.5. The Morgan fingerprint density at radius 3 is 2.05 bits per heavy atom. The monoisotopic (exact) mass is 1200 g/mol. The topological polar surface area (TPSA) is 254 Å². The highest BCUT2D eigenvalue weighted by atomic mass is 32.1. The molecule has 85 heavy (non-hydrogen) atoms. The number of aromatic nitrogens is 1. The average molecular weight is 1210 g/mol. The van der Waals surface area contributed by atoms with Crippen LogP contribution in [0.15, 0.2) is 41.8 Å². The van der Waals surface area contributed by atoms with Gasteiger partial charge < -0.3 is 34.5 Å². The number of likely N-dealkylation sites (N-methyl/N-ethyl adjacent to an activating group) is 1. The highest BCUT2D eigenvalue weighted by molar-refractivity contribution is 7.09. The molecule has 4 rings (SSSR count). The second kappa shape index (κ2) is 37.6. The molecule has 0 saturated carbocycles. The van der Waals surface area contributed by atoms with Crippen molar-refractivity contribution in [2.75, 3.05) is 66.8 Å². The molecule has 1 fully saturated rings. The lowest BCUT2D eigenvalue weighted by Gasteiger charge is -2.37. The maximum Gasteiger partial charge on any atom is 0.303 e. The molecule has 2 aromatic rings. The molecule has 1 aromatic carbocycles. The second-order valence-electron chi connectivity index (χ2n) is 23.3. The van der Waals surface area contributed by atoms with Gasteiger partial charge in [-0.25, -0.2) is 4.98 Å². The molecule has 0 bridgehead atoms. The number of esters is 1. The van der Waals surface area contributed by atoms with Crippen molar-refractivity contribution in [3.63, 3.8) is 0 Å². The highest BCUT2D eigenvalue weighted by Crippen LogP contribution is 2.33. The van der Waals surface area contributed by atoms with Crippen molar-refractivity contribution < 1.29 is 66.9 Å². The van der Waals surface area contributed by atoms with Crippen LogP contribution in [0.25, 0.3) is 0 Å². The van der Waals surface area contributed by atoms with Gasteiger partial charge in [0.2, 0.25) is 11.8 Å². The molecule has 472 valence electrons. The van der Waals surface area contributed by atoms with Crippen LogP contribution in [0.5, 0.6) is 0 Å². The van der Waals surface area contributed by atoms with E-state index in [2.05, 4.69) is 15.5 Å². The van der Waals surface area contributed by atoms with E-state index in [0.717, 1.165) is 54.7 Å². The summed E-state index contributed by atoms with van der Waals surface area (Å²) in [6, 6.07) is 6.05. The number of Topliss-reactive ketones (excluding diaryl/α,β-unsaturated/α-hetero) is 4. The number of piperidine rings is 1. The summed E-state index contributed by atoms with van der Waals surface area (Å²) in [6.07, 6.45) is 9.44. The summed E-state index contributed by atoms with van der Waals surface area (Å²) >= 11 is 1.22. The number of hydrogen-bond donors (Lipinski definition) is 2. The third-order valence-electron chi connectivity index (χ3n) is 16.1. The van der Waals surface area contributed by atoms with Gasteiger partial charge in [-0.15, -0.1) is 11.3 Å². The Balaban J connectivity index is 1.16. The lowest BCUT2D eigenvalue weighted by molar-refractivity contribution is -0.149. The van der Waals surface area contributed by atoms with Crippen LogP contribution in [0, 0.1) is 23.7 Å². The van der Waals surface area contributed by atoms with Gasteiger partial charge in [-0.1, -0.05) is 85.1 Å². The van der Waals surface area contributed by atoms with Crippen LogP contribution >= 0.6 is 11.3 Å². The van der Waals surface area contributed by atoms with E-state index in [4.69, 9.17) is 23.9 Å². The molecule has 1 unspecified atom stereocenters. The van der Waals surface area contributed by atoms with E-state index in [0.29, 0.717) is 70.0 Å². The maximum absolute atomic E-state index is 14.4. The number of likely N-dealkylation sites (tertiary alicyclic amines) is 1. The Morgan fingerprint density at radius 1 is 0.788 bits per heavy atom. The van der Waals surface area contributed by atoms with Gasteiger partial charge in [-0.2, -0.15) is 0 Å². The molecule has 3 heterocycles. The van der Waals surface area contributed by atoms with Gasteiger partial charge >= 0.3 is 5.97 Å². The zero-order valence-electron chi connectivity index (χ0n) is 52.1. The average Bonchev–Trinajstić information content (AvgIpc) is 4.21. The number of amides is 5. The summed E-state index contributed by atoms with van der Waals surface area (Å²) in [4.78, 5) is 138. The van der Waals surface area contributed by atoms with Crippen molar-refractivity contribution in [1.29, 1.82) is 0 Å². The fraction of sp³-hybridized carbons (Fsp3) is 0.672. The Hall–Kier alpha value is -5.87. The number of nitrogens with zero attached hydrogens (tertiary/aromatic N) is 4. The van der Waals surface area contributed by atoms with E-state index in [1.807, 2.05) is 65.9 Å². The van der Waals surface area contributed by atoms with Crippen LogP contribution in [-0.4, -0.2) is 169 Å². The summed E-state index contributed by atoms with van der Waals surface area (Å²) in [6.45, 7) is 17.6. The van der Waals surface area contributed by atoms with E-state index < -0.39 is 30.0 Å². The van der Waals surface area contributed by atoms with E-state index in [9.17, 15) is 47.9 Å². The van der Waals surface area contributed by atoms with E-state index in [1.54, 1.807) is 31.2 Å². The minimum absolute atomic E-state index is 0.0200. The molecule has 20 nitrogen and oxygen atoms in total. The Kier molecular flexibility index (Phi) is 31.7. The predicted octanol–water partition coefficient (Wildman–Crippen LogP) is 7.57. The number of thiazole rings is 1. The lowest BCUT2D eigenvalue weighted by Crippen LogP contribution is -2.48. The van der Waals surface area contributed by atoms with E-state index in [1.165, 1.54) is 30.4 Å². The number of imide groups is 1. The minimum Gasteiger partial charge on any atom is -0.455 e. The largest absolute Gasteiger partial charge is 0.455 e. The van der Waals surface area contributed by atoms with Crippen LogP contribution in [0.1, 0.15) is 178 Å². The molecule has 5 amide bonds. The number of carbonyl (C=O) groups excluding carboxylic acids is 10. The minimum atomic E-state index is -0.823. The molecule has 2 N–H and O–H groups in total. The normalized spacial score (nSPS) is 17.0. The van der Waals surface area contributed by atoms with Crippen LogP contribution in [0.3, 0.4) is 0 Å². The first-order valence-corrected chi connectivity index (χ1v) is 31.5. The van der Waals surface area contributed by atoms with Crippen molar-refractivity contribution in [3.8, 4) is 0 Å². The lowest BCUT2D eigenvalue weighted by atomic mass is 9.83. The molecular weight excluding hydrogens is 1110 g/mol. The number of hydrogen-bond acceptors (Lipinski definition) is 17. The number of carbonyl (C=O) groups is 10. The van der Waals surface area contributed by atoms with E-state index in [-0.39, 0.29) is 140 Å². The Labute approximate surface area is 507 Å². The standard InChI is InChI=1S/C64H96N6O14S/c1-11-17-49(66-62(79)52-41-85-63(67-52)58(84-46(8)71)40-54(42(3)4)69(10)64(80)51(43(5)12-2)39-57(75)53-20-13-14-28-68(53)9)37-47-21-23-48(24-22-47)38-55(73)44(6)36-56(74)45(7)65-59(76)27-31-82-33-35-83-34-32-81-30-16-19-50(72)18-15-29-70-60(77)25-26-61(70)78/h21-26,41-45,49,51,53-54,58H,11-20,27-40H2,1-10H3,(H,65,76)(H,66,79)/t43-,44+,45-,49+,51-,53?,54+,58+/m0/s1. The zero-order valence-corrected chi connectivity index (χ0v) is 52.9. The quantitative estimate of drug-likeness (QED) is 0.0369. The van der Waals surface area contributed by atoms with Gasteiger partial charge in [-0.05, 0) is 82.0 Å². The molecular formula is C64H96N6O14S.